The van der Waals surface area contributed by atoms with Crippen molar-refractivity contribution < 1.29 is 14.3 Å². The predicted molar refractivity (Wildman–Crippen MR) is 91.0 cm³/mol. The Bertz CT molecular complexity index is 467. The van der Waals surface area contributed by atoms with Gasteiger partial charge in [-0.25, -0.2) is 0 Å². The first-order chi connectivity index (χ1) is 10.4. The van der Waals surface area contributed by atoms with E-state index in [2.05, 4.69) is 24.3 Å². The van der Waals surface area contributed by atoms with Gasteiger partial charge in [0.1, 0.15) is 11.0 Å². The molecule has 0 bridgehead atoms. The van der Waals surface area contributed by atoms with Gasteiger partial charge in [0.15, 0.2) is 0 Å². The molecular weight excluding hydrogens is 296 g/mol. The minimum Gasteiger partial charge on any atom is -0.460 e. The van der Waals surface area contributed by atoms with Crippen LogP contribution in [0.25, 0.3) is 0 Å². The van der Waals surface area contributed by atoms with Crippen LogP contribution in [0.5, 0.6) is 0 Å². The molecule has 0 N–H and O–H groups in total. The minimum absolute atomic E-state index is 0.0177. The maximum atomic E-state index is 11.8. The van der Waals surface area contributed by atoms with Crippen molar-refractivity contribution >= 4 is 17.7 Å². The number of rotatable bonds is 6. The van der Waals surface area contributed by atoms with Gasteiger partial charge in [0.25, 0.3) is 0 Å². The molecule has 0 unspecified atom stereocenters. The molecule has 0 saturated carbocycles. The lowest BCUT2D eigenvalue weighted by atomic mass is 10.1. The van der Waals surface area contributed by atoms with Gasteiger partial charge < -0.3 is 9.47 Å². The maximum Gasteiger partial charge on any atom is 0.308 e. The van der Waals surface area contributed by atoms with Gasteiger partial charge in [-0.3, -0.25) is 4.79 Å². The number of carbonyl (C=O) groups excluding carboxylic acids is 1. The van der Waals surface area contributed by atoms with Crippen LogP contribution in [0, 0.1) is 0 Å². The lowest BCUT2D eigenvalue weighted by molar-refractivity contribution is -0.157. The van der Waals surface area contributed by atoms with Crippen LogP contribution in [0.3, 0.4) is 0 Å². The Morgan fingerprint density at radius 2 is 2.00 bits per heavy atom. The van der Waals surface area contributed by atoms with Crippen molar-refractivity contribution in [2.45, 2.75) is 63.6 Å². The summed E-state index contributed by atoms with van der Waals surface area (Å²) in [5.41, 5.74) is 1.16. The molecule has 0 spiro atoms. The van der Waals surface area contributed by atoms with Crippen LogP contribution in [0.4, 0.5) is 0 Å². The molecule has 0 amide bonds. The van der Waals surface area contributed by atoms with E-state index in [0.717, 1.165) is 25.0 Å². The molecule has 3 nitrogen and oxygen atoms in total. The fourth-order valence-electron chi connectivity index (χ4n) is 2.47. The molecule has 1 aromatic rings. The fraction of sp³-hybridized carbons (Fsp3) is 0.611. The molecule has 1 aliphatic heterocycles. The number of hydrogen-bond donors (Lipinski definition) is 0. The number of benzene rings is 1. The van der Waals surface area contributed by atoms with Crippen molar-refractivity contribution in [3.8, 4) is 0 Å². The van der Waals surface area contributed by atoms with Crippen LogP contribution < -0.4 is 0 Å². The van der Waals surface area contributed by atoms with E-state index >= 15 is 0 Å². The topological polar surface area (TPSA) is 35.5 Å². The van der Waals surface area contributed by atoms with E-state index in [9.17, 15) is 4.79 Å². The summed E-state index contributed by atoms with van der Waals surface area (Å²) in [7, 11) is 0. The molecule has 1 aliphatic rings. The first-order valence-corrected chi connectivity index (χ1v) is 9.00. The molecule has 0 radical (unpaired) electrons. The Morgan fingerprint density at radius 1 is 1.27 bits per heavy atom. The summed E-state index contributed by atoms with van der Waals surface area (Å²) >= 11 is 1.85. The number of ether oxygens (including phenoxy) is 2. The van der Waals surface area contributed by atoms with E-state index in [-0.39, 0.29) is 17.5 Å². The van der Waals surface area contributed by atoms with E-state index in [1.807, 2.05) is 38.6 Å². The number of esters is 1. The van der Waals surface area contributed by atoms with Gasteiger partial charge in [0, 0.05) is 0 Å². The molecule has 0 aromatic heterocycles. The summed E-state index contributed by atoms with van der Waals surface area (Å²) in [4.78, 5) is 11.8. The van der Waals surface area contributed by atoms with Crippen LogP contribution >= 0.6 is 11.8 Å². The molecule has 1 aromatic carbocycles. The molecular formula is C18H26O3S. The van der Waals surface area contributed by atoms with Crippen molar-refractivity contribution in [3.63, 3.8) is 0 Å². The number of hydrogen-bond acceptors (Lipinski definition) is 4. The number of thioether (sulfide) groups is 1. The molecule has 1 saturated heterocycles. The highest BCUT2D eigenvalue weighted by atomic mass is 32.2. The molecule has 122 valence electrons. The van der Waals surface area contributed by atoms with Crippen molar-refractivity contribution in [1.29, 1.82) is 0 Å². The van der Waals surface area contributed by atoms with E-state index in [1.54, 1.807) is 0 Å². The second-order valence-corrected chi connectivity index (χ2v) is 7.93. The Labute approximate surface area is 137 Å². The van der Waals surface area contributed by atoms with Crippen LogP contribution in [0.1, 0.15) is 45.6 Å². The normalized spacial score (nSPS) is 21.8. The molecule has 0 aliphatic carbocycles. The average molecular weight is 322 g/mol. The predicted octanol–water partition coefficient (Wildman–Crippen LogP) is 4.20. The summed E-state index contributed by atoms with van der Waals surface area (Å²) in [6.07, 6.45) is 3.41. The van der Waals surface area contributed by atoms with E-state index < -0.39 is 5.60 Å². The van der Waals surface area contributed by atoms with Crippen molar-refractivity contribution in [3.05, 3.63) is 35.9 Å². The standard InChI is InChI=1S/C18H26O3S/c1-18(2,3)21-16(19)13-15-9-10-17(20-15)22-12-11-14-7-5-4-6-8-14/h4-8,15,17H,9-13H2,1-3H3/t15-,17+/m1/s1. The monoisotopic (exact) mass is 322 g/mol. The smallest absolute Gasteiger partial charge is 0.308 e. The quantitative estimate of drug-likeness (QED) is 0.735. The number of aryl methyl sites for hydroxylation is 1. The molecule has 2 atom stereocenters. The lowest BCUT2D eigenvalue weighted by Gasteiger charge is -2.21. The van der Waals surface area contributed by atoms with Crippen LogP contribution in [0.15, 0.2) is 30.3 Å². The second-order valence-electron chi connectivity index (χ2n) is 6.66. The summed E-state index contributed by atoms with van der Waals surface area (Å²) in [5, 5.41) is 0. The zero-order valence-corrected chi connectivity index (χ0v) is 14.5. The minimum atomic E-state index is -0.417. The Balaban J connectivity index is 1.64. The third-order valence-corrected chi connectivity index (χ3v) is 4.58. The molecule has 1 heterocycles. The Morgan fingerprint density at radius 3 is 2.68 bits per heavy atom. The van der Waals surface area contributed by atoms with Gasteiger partial charge in [-0.05, 0) is 51.3 Å². The van der Waals surface area contributed by atoms with Crippen LogP contribution in [-0.4, -0.2) is 28.9 Å². The largest absolute Gasteiger partial charge is 0.460 e. The van der Waals surface area contributed by atoms with Gasteiger partial charge in [0.05, 0.1) is 12.5 Å². The van der Waals surface area contributed by atoms with E-state index in [4.69, 9.17) is 9.47 Å². The van der Waals surface area contributed by atoms with Gasteiger partial charge >= 0.3 is 5.97 Å². The number of carbonyl (C=O) groups is 1. The van der Waals surface area contributed by atoms with Gasteiger partial charge in [-0.15, -0.1) is 11.8 Å². The van der Waals surface area contributed by atoms with Gasteiger partial charge in [-0.2, -0.15) is 0 Å². The first kappa shape index (κ1) is 17.4. The summed E-state index contributed by atoms with van der Waals surface area (Å²) in [6, 6.07) is 10.5. The van der Waals surface area contributed by atoms with Gasteiger partial charge in [0.2, 0.25) is 0 Å². The van der Waals surface area contributed by atoms with E-state index in [0.29, 0.717) is 6.42 Å². The second kappa shape index (κ2) is 8.02. The third kappa shape index (κ3) is 6.41. The summed E-state index contributed by atoms with van der Waals surface area (Å²) in [6.45, 7) is 5.67. The summed E-state index contributed by atoms with van der Waals surface area (Å²) < 4.78 is 11.3. The maximum absolute atomic E-state index is 11.8. The van der Waals surface area contributed by atoms with Crippen LogP contribution in [0.2, 0.25) is 0 Å². The van der Waals surface area contributed by atoms with Crippen LogP contribution in [-0.2, 0) is 20.7 Å². The van der Waals surface area contributed by atoms with Crippen molar-refractivity contribution in [2.75, 3.05) is 5.75 Å². The SMILES string of the molecule is CC(C)(C)OC(=O)C[C@H]1CC[C@H](SCCc2ccccc2)O1. The average Bonchev–Trinajstić information content (AvgIpc) is 2.85. The fourth-order valence-corrected chi connectivity index (χ4v) is 3.62. The zero-order valence-electron chi connectivity index (χ0n) is 13.7. The molecule has 1 fully saturated rings. The first-order valence-electron chi connectivity index (χ1n) is 7.95. The van der Waals surface area contributed by atoms with E-state index in [1.165, 1.54) is 5.56 Å². The molecule has 4 heteroatoms. The highest BCUT2D eigenvalue weighted by Crippen LogP contribution is 2.30. The highest BCUT2D eigenvalue weighted by molar-refractivity contribution is 7.99. The molecule has 2 rings (SSSR count). The van der Waals surface area contributed by atoms with Gasteiger partial charge in [-0.1, -0.05) is 30.3 Å². The Kier molecular flexibility index (Phi) is 6.33. The highest BCUT2D eigenvalue weighted by Gasteiger charge is 2.29. The zero-order chi connectivity index (χ0) is 16.0. The lowest BCUT2D eigenvalue weighted by Crippen LogP contribution is -2.26. The Hall–Kier alpha value is -1.00. The molecule has 22 heavy (non-hydrogen) atoms. The summed E-state index contributed by atoms with van der Waals surface area (Å²) in [5.74, 6) is 0.890. The van der Waals surface area contributed by atoms with Crippen molar-refractivity contribution in [2.24, 2.45) is 0 Å². The van der Waals surface area contributed by atoms with Crippen molar-refractivity contribution in [1.82, 2.24) is 0 Å². The third-order valence-electron chi connectivity index (χ3n) is 3.42.